The summed E-state index contributed by atoms with van der Waals surface area (Å²) in [5.74, 6) is 0.228. The highest BCUT2D eigenvalue weighted by molar-refractivity contribution is 5.77. The molecule has 0 saturated heterocycles. The van der Waals surface area contributed by atoms with E-state index in [1.165, 1.54) is 4.57 Å². The van der Waals surface area contributed by atoms with Gasteiger partial charge in [-0.05, 0) is 23.6 Å². The van der Waals surface area contributed by atoms with E-state index in [1.807, 2.05) is 62.4 Å². The highest BCUT2D eigenvalue weighted by Crippen LogP contribution is 2.10. The van der Waals surface area contributed by atoms with Gasteiger partial charge in [-0.1, -0.05) is 56.3 Å². The van der Waals surface area contributed by atoms with E-state index in [4.69, 9.17) is 0 Å². The van der Waals surface area contributed by atoms with Crippen molar-refractivity contribution in [3.05, 3.63) is 81.0 Å². The summed E-state index contributed by atoms with van der Waals surface area (Å²) < 4.78 is 3.05. The molecule has 0 radical (unpaired) electrons. The molecule has 0 spiro atoms. The van der Waals surface area contributed by atoms with Crippen LogP contribution in [-0.2, 0) is 13.1 Å². The minimum absolute atomic E-state index is 0.205. The molecule has 4 nitrogen and oxygen atoms in total. The van der Waals surface area contributed by atoms with Gasteiger partial charge in [0, 0.05) is 6.54 Å². The molecule has 3 aromatic rings. The maximum atomic E-state index is 12.9. The van der Waals surface area contributed by atoms with Crippen molar-refractivity contribution < 1.29 is 0 Å². The molecule has 2 aromatic carbocycles. The summed E-state index contributed by atoms with van der Waals surface area (Å²) in [5, 5.41) is 0.587. The van der Waals surface area contributed by atoms with Crippen LogP contribution in [0, 0.1) is 5.92 Å². The molecule has 0 atom stereocenters. The van der Waals surface area contributed by atoms with Gasteiger partial charge < -0.3 is 0 Å². The maximum Gasteiger partial charge on any atom is 0.331 e. The van der Waals surface area contributed by atoms with Gasteiger partial charge in [-0.15, -0.1) is 0 Å². The van der Waals surface area contributed by atoms with Gasteiger partial charge in [-0.2, -0.15) is 0 Å². The second kappa shape index (κ2) is 6.24. The lowest BCUT2D eigenvalue weighted by atomic mass is 10.2. The van der Waals surface area contributed by atoms with Gasteiger partial charge in [0.15, 0.2) is 0 Å². The number of benzene rings is 2. The Labute approximate surface area is 134 Å². The van der Waals surface area contributed by atoms with Crippen molar-refractivity contribution >= 4 is 10.9 Å². The summed E-state index contributed by atoms with van der Waals surface area (Å²) in [6.07, 6.45) is 0. The molecule has 0 aliphatic carbocycles. The zero-order valence-corrected chi connectivity index (χ0v) is 13.4. The van der Waals surface area contributed by atoms with Crippen molar-refractivity contribution in [1.82, 2.24) is 9.13 Å². The normalized spacial score (nSPS) is 11.3. The summed E-state index contributed by atoms with van der Waals surface area (Å²) in [4.78, 5) is 25.5. The Bertz CT molecular complexity index is 937. The Morgan fingerprint density at radius 2 is 1.52 bits per heavy atom. The van der Waals surface area contributed by atoms with E-state index >= 15 is 0 Å². The van der Waals surface area contributed by atoms with Crippen LogP contribution in [0.25, 0.3) is 10.9 Å². The molecule has 0 N–H and O–H groups in total. The van der Waals surface area contributed by atoms with Crippen molar-refractivity contribution in [3.8, 4) is 0 Å². The van der Waals surface area contributed by atoms with Crippen molar-refractivity contribution in [2.45, 2.75) is 26.9 Å². The molecule has 0 amide bonds. The Balaban J connectivity index is 2.27. The van der Waals surface area contributed by atoms with Gasteiger partial charge in [-0.3, -0.25) is 13.9 Å². The number of nitrogens with zero attached hydrogens (tertiary/aromatic N) is 2. The van der Waals surface area contributed by atoms with E-state index in [1.54, 1.807) is 10.6 Å². The van der Waals surface area contributed by atoms with Gasteiger partial charge >= 0.3 is 5.69 Å². The topological polar surface area (TPSA) is 44.0 Å². The van der Waals surface area contributed by atoms with Gasteiger partial charge in [-0.25, -0.2) is 4.79 Å². The minimum atomic E-state index is -0.244. The predicted octanol–water partition coefficient (Wildman–Crippen LogP) is 2.87. The molecule has 3 rings (SSSR count). The third-order valence-electron chi connectivity index (χ3n) is 3.86. The number of hydrogen-bond donors (Lipinski definition) is 0. The van der Waals surface area contributed by atoms with E-state index in [-0.39, 0.29) is 17.2 Å². The predicted molar refractivity (Wildman–Crippen MR) is 92.9 cm³/mol. The number of aromatic nitrogens is 2. The monoisotopic (exact) mass is 308 g/mol. The van der Waals surface area contributed by atoms with Gasteiger partial charge in [0.2, 0.25) is 0 Å². The molecule has 118 valence electrons. The zero-order chi connectivity index (χ0) is 16.4. The molecule has 0 aliphatic rings. The molecule has 0 fully saturated rings. The Kier molecular flexibility index (Phi) is 4.15. The van der Waals surface area contributed by atoms with Crippen molar-refractivity contribution in [1.29, 1.82) is 0 Å². The maximum absolute atomic E-state index is 12.9. The van der Waals surface area contributed by atoms with Crippen LogP contribution in [0.3, 0.4) is 0 Å². The van der Waals surface area contributed by atoms with E-state index in [0.29, 0.717) is 24.0 Å². The summed E-state index contributed by atoms with van der Waals surface area (Å²) in [5.41, 5.74) is 1.27. The minimum Gasteiger partial charge on any atom is -0.289 e. The second-order valence-corrected chi connectivity index (χ2v) is 6.18. The summed E-state index contributed by atoms with van der Waals surface area (Å²) in [7, 11) is 0. The van der Waals surface area contributed by atoms with E-state index < -0.39 is 0 Å². The fraction of sp³-hybridized carbons (Fsp3) is 0.263. The van der Waals surface area contributed by atoms with Gasteiger partial charge in [0.1, 0.15) is 0 Å². The third kappa shape index (κ3) is 2.97. The largest absolute Gasteiger partial charge is 0.331 e. The zero-order valence-electron chi connectivity index (χ0n) is 13.4. The standard InChI is InChI=1S/C19H20N2O2/c1-14(2)12-21-18(22)16-10-6-7-11-17(16)20(19(21)23)13-15-8-4-3-5-9-15/h3-11,14H,12-13H2,1-2H3. The first kappa shape index (κ1) is 15.3. The van der Waals surface area contributed by atoms with Crippen LogP contribution in [0.15, 0.2) is 64.2 Å². The summed E-state index contributed by atoms with van der Waals surface area (Å²) in [6, 6.07) is 17.1. The Morgan fingerprint density at radius 3 is 2.22 bits per heavy atom. The SMILES string of the molecule is CC(C)Cn1c(=O)c2ccccc2n(Cc2ccccc2)c1=O. The van der Waals surface area contributed by atoms with Crippen LogP contribution in [0.1, 0.15) is 19.4 Å². The highest BCUT2D eigenvalue weighted by atomic mass is 16.2. The first-order chi connectivity index (χ1) is 11.1. The molecule has 0 unspecified atom stereocenters. The smallest absolute Gasteiger partial charge is 0.289 e. The number of rotatable bonds is 4. The number of hydrogen-bond acceptors (Lipinski definition) is 2. The third-order valence-corrected chi connectivity index (χ3v) is 3.86. The van der Waals surface area contributed by atoms with E-state index in [2.05, 4.69) is 0 Å². The Hall–Kier alpha value is -2.62. The van der Waals surface area contributed by atoms with E-state index in [9.17, 15) is 9.59 Å². The lowest BCUT2D eigenvalue weighted by Crippen LogP contribution is -2.41. The quantitative estimate of drug-likeness (QED) is 0.744. The van der Waals surface area contributed by atoms with Gasteiger partial charge in [0.05, 0.1) is 17.4 Å². The van der Waals surface area contributed by atoms with Crippen molar-refractivity contribution in [2.24, 2.45) is 5.92 Å². The first-order valence-electron chi connectivity index (χ1n) is 7.84. The first-order valence-corrected chi connectivity index (χ1v) is 7.84. The highest BCUT2D eigenvalue weighted by Gasteiger charge is 2.13. The Morgan fingerprint density at radius 1 is 0.870 bits per heavy atom. The number of fused-ring (bicyclic) bond motifs is 1. The van der Waals surface area contributed by atoms with Crippen LogP contribution in [0.4, 0.5) is 0 Å². The molecular weight excluding hydrogens is 288 g/mol. The van der Waals surface area contributed by atoms with Crippen LogP contribution >= 0.6 is 0 Å². The van der Waals surface area contributed by atoms with Gasteiger partial charge in [0.25, 0.3) is 5.56 Å². The van der Waals surface area contributed by atoms with Crippen LogP contribution in [0.2, 0.25) is 0 Å². The van der Waals surface area contributed by atoms with Crippen LogP contribution in [-0.4, -0.2) is 9.13 Å². The average molecular weight is 308 g/mol. The fourth-order valence-corrected chi connectivity index (χ4v) is 2.82. The molecule has 4 heteroatoms. The van der Waals surface area contributed by atoms with E-state index in [0.717, 1.165) is 5.56 Å². The molecule has 0 aliphatic heterocycles. The molecular formula is C19H20N2O2. The molecule has 1 heterocycles. The van der Waals surface area contributed by atoms with Crippen LogP contribution < -0.4 is 11.2 Å². The van der Waals surface area contributed by atoms with Crippen LogP contribution in [0.5, 0.6) is 0 Å². The molecule has 1 aromatic heterocycles. The summed E-state index contributed by atoms with van der Waals surface area (Å²) in [6.45, 7) is 4.89. The van der Waals surface area contributed by atoms with Crippen molar-refractivity contribution in [3.63, 3.8) is 0 Å². The molecule has 0 saturated carbocycles. The van der Waals surface area contributed by atoms with Crippen molar-refractivity contribution in [2.75, 3.05) is 0 Å². The molecule has 0 bridgehead atoms. The molecule has 23 heavy (non-hydrogen) atoms. The average Bonchev–Trinajstić information content (AvgIpc) is 2.56. The lowest BCUT2D eigenvalue weighted by molar-refractivity contribution is 0.481. The lowest BCUT2D eigenvalue weighted by Gasteiger charge is -2.15. The number of para-hydroxylation sites is 1. The summed E-state index contributed by atoms with van der Waals surface area (Å²) >= 11 is 0. The fourth-order valence-electron chi connectivity index (χ4n) is 2.82. The second-order valence-electron chi connectivity index (χ2n) is 6.18.